The van der Waals surface area contributed by atoms with Gasteiger partial charge in [-0.25, -0.2) is 0 Å². The van der Waals surface area contributed by atoms with Gasteiger partial charge in [0.15, 0.2) is 0 Å². The SMILES string of the molecule is Cc1csc(C(N)CC(C)C)c1. The quantitative estimate of drug-likeness (QED) is 0.765. The fraction of sp³-hybridized carbons (Fsp3) is 0.600. The number of aryl methyl sites for hydroxylation is 1. The van der Waals surface area contributed by atoms with Gasteiger partial charge in [0.05, 0.1) is 0 Å². The van der Waals surface area contributed by atoms with E-state index in [-0.39, 0.29) is 6.04 Å². The van der Waals surface area contributed by atoms with Gasteiger partial charge in [-0.3, -0.25) is 0 Å². The lowest BCUT2D eigenvalue weighted by molar-refractivity contribution is 0.515. The topological polar surface area (TPSA) is 26.0 Å². The van der Waals surface area contributed by atoms with Gasteiger partial charge in [0.25, 0.3) is 0 Å². The van der Waals surface area contributed by atoms with Gasteiger partial charge < -0.3 is 5.73 Å². The van der Waals surface area contributed by atoms with E-state index in [4.69, 9.17) is 5.73 Å². The van der Waals surface area contributed by atoms with Gasteiger partial charge in [0, 0.05) is 10.9 Å². The molecular weight excluding hydrogens is 166 g/mol. The molecule has 0 amide bonds. The van der Waals surface area contributed by atoms with E-state index < -0.39 is 0 Å². The van der Waals surface area contributed by atoms with Crippen molar-refractivity contribution in [3.63, 3.8) is 0 Å². The first kappa shape index (κ1) is 9.75. The summed E-state index contributed by atoms with van der Waals surface area (Å²) < 4.78 is 0. The Labute approximate surface area is 78.6 Å². The summed E-state index contributed by atoms with van der Waals surface area (Å²) in [5, 5.41) is 2.16. The van der Waals surface area contributed by atoms with Gasteiger partial charge in [-0.15, -0.1) is 11.3 Å². The first-order valence-corrected chi connectivity index (χ1v) is 5.28. The normalized spacial score (nSPS) is 13.8. The van der Waals surface area contributed by atoms with E-state index in [1.165, 1.54) is 10.4 Å². The van der Waals surface area contributed by atoms with Crippen molar-refractivity contribution in [1.82, 2.24) is 0 Å². The molecule has 0 saturated heterocycles. The van der Waals surface area contributed by atoms with Crippen molar-refractivity contribution in [2.45, 2.75) is 33.2 Å². The Morgan fingerprint density at radius 3 is 2.58 bits per heavy atom. The zero-order chi connectivity index (χ0) is 9.14. The van der Waals surface area contributed by atoms with Crippen LogP contribution in [-0.2, 0) is 0 Å². The van der Waals surface area contributed by atoms with E-state index in [1.807, 2.05) is 0 Å². The maximum absolute atomic E-state index is 6.02. The minimum absolute atomic E-state index is 0.240. The molecule has 0 saturated carbocycles. The second-order valence-electron chi connectivity index (χ2n) is 3.76. The summed E-state index contributed by atoms with van der Waals surface area (Å²) in [7, 11) is 0. The van der Waals surface area contributed by atoms with Gasteiger partial charge in [-0.2, -0.15) is 0 Å². The minimum Gasteiger partial charge on any atom is -0.323 e. The van der Waals surface area contributed by atoms with E-state index in [1.54, 1.807) is 11.3 Å². The Hall–Kier alpha value is -0.340. The highest BCUT2D eigenvalue weighted by molar-refractivity contribution is 7.10. The van der Waals surface area contributed by atoms with E-state index in [0.717, 1.165) is 6.42 Å². The van der Waals surface area contributed by atoms with E-state index in [0.29, 0.717) is 5.92 Å². The molecule has 1 rings (SSSR count). The molecule has 1 heterocycles. The highest BCUT2D eigenvalue weighted by atomic mass is 32.1. The predicted molar refractivity (Wildman–Crippen MR) is 55.4 cm³/mol. The minimum atomic E-state index is 0.240. The molecule has 1 unspecified atom stereocenters. The van der Waals surface area contributed by atoms with Crippen molar-refractivity contribution in [1.29, 1.82) is 0 Å². The fourth-order valence-corrected chi connectivity index (χ4v) is 2.19. The molecule has 0 aliphatic rings. The maximum Gasteiger partial charge on any atom is 0.0392 e. The molecular formula is C10H17NS. The Kier molecular flexibility index (Phi) is 3.29. The third-order valence-corrected chi connectivity index (χ3v) is 3.02. The largest absolute Gasteiger partial charge is 0.323 e. The molecule has 2 N–H and O–H groups in total. The van der Waals surface area contributed by atoms with Gasteiger partial charge in [0.2, 0.25) is 0 Å². The number of hydrogen-bond donors (Lipinski definition) is 1. The predicted octanol–water partition coefficient (Wildman–Crippen LogP) is 3.10. The van der Waals surface area contributed by atoms with E-state index in [2.05, 4.69) is 32.2 Å². The van der Waals surface area contributed by atoms with Crippen molar-refractivity contribution >= 4 is 11.3 Å². The molecule has 2 heteroatoms. The van der Waals surface area contributed by atoms with Crippen LogP contribution < -0.4 is 5.73 Å². The summed E-state index contributed by atoms with van der Waals surface area (Å²) in [6.45, 7) is 6.53. The molecule has 0 aliphatic heterocycles. The fourth-order valence-electron chi connectivity index (χ4n) is 1.27. The molecule has 1 aromatic heterocycles. The highest BCUT2D eigenvalue weighted by Crippen LogP contribution is 2.24. The van der Waals surface area contributed by atoms with Crippen molar-refractivity contribution < 1.29 is 0 Å². The molecule has 68 valence electrons. The summed E-state index contributed by atoms with van der Waals surface area (Å²) in [4.78, 5) is 1.32. The van der Waals surface area contributed by atoms with Crippen LogP contribution in [0.5, 0.6) is 0 Å². The van der Waals surface area contributed by atoms with Crippen LogP contribution in [0, 0.1) is 12.8 Å². The first-order chi connectivity index (χ1) is 5.59. The zero-order valence-electron chi connectivity index (χ0n) is 8.00. The number of thiophene rings is 1. The van der Waals surface area contributed by atoms with Crippen molar-refractivity contribution in [3.05, 3.63) is 21.9 Å². The van der Waals surface area contributed by atoms with Gasteiger partial charge in [-0.05, 0) is 36.3 Å². The summed E-state index contributed by atoms with van der Waals surface area (Å²) in [5.41, 5.74) is 7.35. The Morgan fingerprint density at radius 2 is 2.17 bits per heavy atom. The average molecular weight is 183 g/mol. The summed E-state index contributed by atoms with van der Waals surface area (Å²) in [6, 6.07) is 2.43. The smallest absolute Gasteiger partial charge is 0.0392 e. The maximum atomic E-state index is 6.02. The molecule has 0 spiro atoms. The van der Waals surface area contributed by atoms with Crippen LogP contribution in [-0.4, -0.2) is 0 Å². The number of hydrogen-bond acceptors (Lipinski definition) is 2. The van der Waals surface area contributed by atoms with E-state index in [9.17, 15) is 0 Å². The zero-order valence-corrected chi connectivity index (χ0v) is 8.82. The van der Waals surface area contributed by atoms with Crippen LogP contribution in [0.3, 0.4) is 0 Å². The van der Waals surface area contributed by atoms with Gasteiger partial charge >= 0.3 is 0 Å². The molecule has 1 nitrogen and oxygen atoms in total. The molecule has 0 aromatic carbocycles. The van der Waals surface area contributed by atoms with E-state index >= 15 is 0 Å². The van der Waals surface area contributed by atoms with Crippen LogP contribution in [0.1, 0.15) is 36.8 Å². The lowest BCUT2D eigenvalue weighted by Crippen LogP contribution is -2.11. The molecule has 0 aliphatic carbocycles. The van der Waals surface area contributed by atoms with Gasteiger partial charge in [-0.1, -0.05) is 13.8 Å². The monoisotopic (exact) mass is 183 g/mol. The summed E-state index contributed by atoms with van der Waals surface area (Å²) >= 11 is 1.77. The number of rotatable bonds is 3. The third-order valence-electron chi connectivity index (χ3n) is 1.84. The van der Waals surface area contributed by atoms with Gasteiger partial charge in [0.1, 0.15) is 0 Å². The summed E-state index contributed by atoms with van der Waals surface area (Å²) in [6.07, 6.45) is 1.08. The van der Waals surface area contributed by atoms with Crippen LogP contribution >= 0.6 is 11.3 Å². The van der Waals surface area contributed by atoms with Crippen LogP contribution in [0.15, 0.2) is 11.4 Å². The van der Waals surface area contributed by atoms with Crippen LogP contribution in [0.2, 0.25) is 0 Å². The lowest BCUT2D eigenvalue weighted by Gasteiger charge is -2.11. The van der Waals surface area contributed by atoms with Crippen molar-refractivity contribution in [2.75, 3.05) is 0 Å². The highest BCUT2D eigenvalue weighted by Gasteiger charge is 2.09. The molecule has 1 aromatic rings. The summed E-state index contributed by atoms with van der Waals surface area (Å²) in [5.74, 6) is 0.683. The molecule has 1 atom stereocenters. The average Bonchev–Trinajstić information content (AvgIpc) is 2.34. The Bertz CT molecular complexity index is 240. The first-order valence-electron chi connectivity index (χ1n) is 4.40. The molecule has 12 heavy (non-hydrogen) atoms. The lowest BCUT2D eigenvalue weighted by atomic mass is 10.0. The number of nitrogens with two attached hydrogens (primary N) is 1. The second-order valence-corrected chi connectivity index (χ2v) is 4.71. The Morgan fingerprint density at radius 1 is 1.50 bits per heavy atom. The van der Waals surface area contributed by atoms with Crippen molar-refractivity contribution in [2.24, 2.45) is 11.7 Å². The second kappa shape index (κ2) is 4.06. The molecule has 0 fully saturated rings. The molecule has 0 radical (unpaired) electrons. The standard InChI is InChI=1S/C10H17NS/c1-7(2)4-9(11)10-5-8(3)6-12-10/h5-7,9H,4,11H2,1-3H3. The third kappa shape index (κ3) is 2.61. The Balaban J connectivity index is 2.58. The molecule has 0 bridgehead atoms. The van der Waals surface area contributed by atoms with Crippen molar-refractivity contribution in [3.8, 4) is 0 Å². The van der Waals surface area contributed by atoms with Crippen LogP contribution in [0.4, 0.5) is 0 Å². The van der Waals surface area contributed by atoms with Crippen LogP contribution in [0.25, 0.3) is 0 Å².